The van der Waals surface area contributed by atoms with E-state index in [4.69, 9.17) is 13.6 Å². The van der Waals surface area contributed by atoms with Gasteiger partial charge in [-0.25, -0.2) is 39.9 Å². The molecule has 594 valence electrons. The maximum atomic E-state index is 5.06. The van der Waals surface area contributed by atoms with Gasteiger partial charge in [-0.15, -0.1) is 39.5 Å². The molecule has 0 fully saturated rings. The van der Waals surface area contributed by atoms with E-state index in [0.29, 0.717) is 23.4 Å². The molecule has 0 bridgehead atoms. The lowest BCUT2D eigenvalue weighted by Crippen LogP contribution is -2.25. The summed E-state index contributed by atoms with van der Waals surface area (Å²) in [6.07, 6.45) is 12.9. The molecule has 12 aromatic rings. The molecule has 15 rings (SSSR count). The molecule has 0 aromatic carbocycles. The number of hydrazone groups is 3. The van der Waals surface area contributed by atoms with Gasteiger partial charge < -0.3 is 27.6 Å². The van der Waals surface area contributed by atoms with Gasteiger partial charge in [0.2, 0.25) is 17.7 Å². The van der Waals surface area contributed by atoms with E-state index in [0.717, 1.165) is 121 Å². The number of nitrogens with zero attached hydrogens (tertiary/aromatic N) is 28. The van der Waals surface area contributed by atoms with Crippen LogP contribution in [0, 0.1) is 138 Å². The third-order valence-corrected chi connectivity index (χ3v) is 16.1. The summed E-state index contributed by atoms with van der Waals surface area (Å²) in [5.41, 5.74) is 7.55. The monoisotopic (exact) mass is 1590 g/mol. The highest BCUT2D eigenvalue weighted by Gasteiger charge is 2.05. The summed E-state index contributed by atoms with van der Waals surface area (Å²) in [7, 11) is 13.5. The summed E-state index contributed by atoms with van der Waals surface area (Å²) in [4.78, 5) is 39.6. The Hall–Kier alpha value is -9.66. The maximum absolute atomic E-state index is 5.06. The molecule has 0 N–H and O–H groups in total. The Morgan fingerprint density at radius 1 is 0.380 bits per heavy atom. The van der Waals surface area contributed by atoms with Crippen molar-refractivity contribution >= 4 is 74.2 Å². The van der Waals surface area contributed by atoms with Crippen molar-refractivity contribution in [2.75, 3.05) is 53.1 Å². The fraction of sp³-hybridized carbons (Fsp3) is 0.529. The molecule has 0 spiro atoms. The quantitative estimate of drug-likeness (QED) is 0.136. The summed E-state index contributed by atoms with van der Waals surface area (Å²) < 4.78 is 38.8. The van der Waals surface area contributed by atoms with Crippen LogP contribution in [0.5, 0.6) is 0 Å². The summed E-state index contributed by atoms with van der Waals surface area (Å²) in [6.45, 7) is 47.8. The highest BCUT2D eigenvalue weighted by Crippen LogP contribution is 2.10. The third kappa shape index (κ3) is 53.2. The van der Waals surface area contributed by atoms with Crippen molar-refractivity contribution < 1.29 is 22.6 Å². The normalized spacial score (nSPS) is 11.9. The minimum absolute atomic E-state index is 0.623. The molecule has 0 saturated heterocycles. The lowest BCUT2D eigenvalue weighted by molar-refractivity contribution is 0.189. The molecule has 3 aliphatic heterocycles. The van der Waals surface area contributed by atoms with Gasteiger partial charge in [0.25, 0.3) is 0 Å². The number of rotatable bonds is 0. The highest BCUT2D eigenvalue weighted by atomic mass is 32.2. The van der Waals surface area contributed by atoms with Crippen molar-refractivity contribution in [3.63, 3.8) is 0 Å². The predicted molar refractivity (Wildman–Crippen MR) is 434 cm³/mol. The molecule has 0 unspecified atom stereocenters. The number of aromatic nitrogens is 22. The van der Waals surface area contributed by atoms with E-state index in [9.17, 15) is 0 Å². The Balaban J connectivity index is 0.000000579. The Labute approximate surface area is 657 Å². The first-order valence-corrected chi connectivity index (χ1v) is 38.3. The van der Waals surface area contributed by atoms with Gasteiger partial charge in [-0.2, -0.15) is 49.3 Å². The van der Waals surface area contributed by atoms with E-state index < -0.39 is 0 Å². The van der Waals surface area contributed by atoms with E-state index in [-0.39, 0.29) is 0 Å². The van der Waals surface area contributed by atoms with Gasteiger partial charge in [0, 0.05) is 143 Å². The first-order chi connectivity index (χ1) is 50.8. The highest BCUT2D eigenvalue weighted by molar-refractivity contribution is 8.13. The minimum atomic E-state index is 0.623. The maximum Gasteiger partial charge on any atom is 0.223 e. The Bertz CT molecular complexity index is 3260. The first-order valence-electron chi connectivity index (χ1n) is 34.1. The number of aryl methyl sites for hydroxylation is 24. The van der Waals surface area contributed by atoms with Gasteiger partial charge in [-0.1, -0.05) is 10.3 Å². The van der Waals surface area contributed by atoms with E-state index in [1.807, 2.05) is 225 Å². The fourth-order valence-corrected chi connectivity index (χ4v) is 10.7. The van der Waals surface area contributed by atoms with Crippen LogP contribution < -0.4 is 0 Å². The zero-order valence-corrected chi connectivity index (χ0v) is 72.9. The van der Waals surface area contributed by atoms with E-state index in [1.165, 1.54) is 52.4 Å². The molecular formula is C70H114N28O5S5. The number of oxazole rings is 2. The van der Waals surface area contributed by atoms with Gasteiger partial charge in [0.15, 0.2) is 23.4 Å². The van der Waals surface area contributed by atoms with Crippen LogP contribution in [0.25, 0.3) is 0 Å². The summed E-state index contributed by atoms with van der Waals surface area (Å²) in [5, 5.41) is 50.9. The lowest BCUT2D eigenvalue weighted by atomic mass is 10.2. The molecular weight excluding hydrogens is 1470 g/mol. The SMILES string of the molecule is CC1=NN(C)CCC1.CC1=NN(C)CCO1.CC1=NN(C)CCS1.Cc1ccn(C)n1.Cc1ccn(C)n1.Cc1coc(C)n1.Cc1coc(C)n1.Cc1csc(C)n1.Cc1csc(C)n1.Cc1ncn(C)n1.Cc1ncn(C)n1.Cc1noc(C)n1.Cc1noc(C)n1.Cc1nsc(C)n1.Cc1nsc(C)n1. The van der Waals surface area contributed by atoms with Gasteiger partial charge in [0.05, 0.1) is 44.4 Å². The zero-order chi connectivity index (χ0) is 81.3. The summed E-state index contributed by atoms with van der Waals surface area (Å²) in [6, 6.07) is 3.94. The van der Waals surface area contributed by atoms with Crippen molar-refractivity contribution in [3.05, 3.63) is 173 Å². The third-order valence-electron chi connectivity index (χ3n) is 12.0. The van der Waals surface area contributed by atoms with Crippen LogP contribution in [0.1, 0.15) is 146 Å². The Kier molecular flexibility index (Phi) is 48.9. The van der Waals surface area contributed by atoms with Crippen LogP contribution in [0.4, 0.5) is 0 Å². The van der Waals surface area contributed by atoms with Crippen LogP contribution in [0.2, 0.25) is 0 Å². The smallest absolute Gasteiger partial charge is 0.223 e. The van der Waals surface area contributed by atoms with E-state index in [2.05, 4.69) is 131 Å². The number of hydrogen-bond donors (Lipinski definition) is 0. The van der Waals surface area contributed by atoms with Crippen molar-refractivity contribution in [2.45, 2.75) is 172 Å². The van der Waals surface area contributed by atoms with Gasteiger partial charge in [-0.3, -0.25) is 28.7 Å². The molecule has 0 aliphatic carbocycles. The number of thioether (sulfide) groups is 1. The lowest BCUT2D eigenvalue weighted by Gasteiger charge is -2.19. The van der Waals surface area contributed by atoms with Gasteiger partial charge >= 0.3 is 0 Å². The van der Waals surface area contributed by atoms with Gasteiger partial charge in [0.1, 0.15) is 65.1 Å². The number of likely N-dealkylation sites (N-methyl/N-ethyl adjacent to an activating group) is 1. The van der Waals surface area contributed by atoms with Crippen LogP contribution >= 0.6 is 57.5 Å². The fourth-order valence-electron chi connectivity index (χ4n) is 7.69. The average Bonchev–Trinajstić information content (AvgIpc) is 1.50. The second-order valence-corrected chi connectivity index (χ2v) is 29.0. The molecule has 15 heterocycles. The Morgan fingerprint density at radius 3 is 0.944 bits per heavy atom. The molecule has 0 amide bonds. The topological polar surface area (TPSA) is 360 Å². The second kappa shape index (κ2) is 54.9. The van der Waals surface area contributed by atoms with E-state index in [1.54, 1.807) is 94.3 Å². The molecule has 12 aromatic heterocycles. The van der Waals surface area contributed by atoms with E-state index >= 15 is 0 Å². The molecule has 3 aliphatic rings. The molecule has 0 radical (unpaired) electrons. The number of ether oxygens (including phenoxy) is 1. The molecule has 33 nitrogen and oxygen atoms in total. The average molecular weight is 1590 g/mol. The largest absolute Gasteiger partial charge is 0.478 e. The molecule has 38 heteroatoms. The van der Waals surface area contributed by atoms with Crippen LogP contribution in [-0.4, -0.2) is 193 Å². The first kappa shape index (κ1) is 96.4. The van der Waals surface area contributed by atoms with Gasteiger partial charge in [-0.05, 0) is 173 Å². The Morgan fingerprint density at radius 2 is 0.806 bits per heavy atom. The van der Waals surface area contributed by atoms with Crippen LogP contribution in [0.3, 0.4) is 0 Å². The number of hydrogen-bond acceptors (Lipinski definition) is 34. The molecule has 0 atom stereocenters. The van der Waals surface area contributed by atoms with Crippen molar-refractivity contribution in [1.82, 2.24) is 123 Å². The summed E-state index contributed by atoms with van der Waals surface area (Å²) in [5.74, 6) is 9.44. The number of thiazole rings is 2. The zero-order valence-electron chi connectivity index (χ0n) is 68.8. The van der Waals surface area contributed by atoms with Crippen molar-refractivity contribution in [2.24, 2.45) is 43.5 Å². The molecule has 108 heavy (non-hydrogen) atoms. The van der Waals surface area contributed by atoms with Crippen LogP contribution in [-0.2, 0) is 32.9 Å². The van der Waals surface area contributed by atoms with Crippen molar-refractivity contribution in [1.29, 1.82) is 0 Å². The summed E-state index contributed by atoms with van der Waals surface area (Å²) >= 11 is 8.10. The van der Waals surface area contributed by atoms with Crippen LogP contribution in [0.15, 0.2) is 93.7 Å². The minimum Gasteiger partial charge on any atom is -0.478 e. The van der Waals surface area contributed by atoms with Crippen molar-refractivity contribution in [3.8, 4) is 0 Å². The standard InChI is InChI=1S/C6H12N2.C5H10N2O.C5H10N2S.2C5H8N2.2C5H7NO.2C5H7NS.2C4H7N3.2C4H6N2O.2C4H6N2S/c1-6-4-3-5-8(2)7-6;2*1-5-6-7(2)3-4-8-5;2*1-5-3-4-7(2)6-5;4*1-4-3-7-5(2)6-4;2*1-4-5-3-7(2)6-4;4*1-3-5-4(2)7-6-3/h3-5H2,1-2H3;2*3-4H2,1-2H3;2*3-4H,1-2H3;6*3H,1-2H3;4*1-2H3. The molecule has 0 saturated carbocycles. The predicted octanol–water partition coefficient (Wildman–Crippen LogP) is 13.9. The second-order valence-electron chi connectivity index (χ2n) is 23.7.